The highest BCUT2D eigenvalue weighted by Gasteiger charge is 2.13. The van der Waals surface area contributed by atoms with Crippen molar-refractivity contribution < 1.29 is 4.74 Å². The topological polar surface area (TPSA) is 21.6 Å². The van der Waals surface area contributed by atoms with Crippen LogP contribution in [-0.2, 0) is 4.74 Å². The highest BCUT2D eigenvalue weighted by atomic mass is 16.5. The van der Waals surface area contributed by atoms with Crippen LogP contribution in [0, 0.1) is 0 Å². The molecule has 2 heteroatoms. The molecule has 12 heavy (non-hydrogen) atoms. The molecule has 0 spiro atoms. The van der Waals surface area contributed by atoms with Gasteiger partial charge in [0.1, 0.15) is 6.61 Å². The fraction of sp³-hybridized carbons (Fsp3) is 0.500. The molecule has 64 valence electrons. The lowest BCUT2D eigenvalue weighted by Crippen LogP contribution is -2.11. The van der Waals surface area contributed by atoms with Gasteiger partial charge in [0, 0.05) is 12.5 Å². The molecule has 0 N–H and O–H groups in total. The van der Waals surface area contributed by atoms with E-state index >= 15 is 0 Å². The zero-order chi connectivity index (χ0) is 8.39. The lowest BCUT2D eigenvalue weighted by molar-refractivity contribution is 0.328. The molecular formula is C10H13NO. The summed E-state index contributed by atoms with van der Waals surface area (Å²) in [6, 6.07) is 0. The van der Waals surface area contributed by atoms with E-state index in [-0.39, 0.29) is 0 Å². The van der Waals surface area contributed by atoms with E-state index in [0.717, 1.165) is 24.4 Å². The molecule has 2 rings (SSSR count). The van der Waals surface area contributed by atoms with E-state index in [1.54, 1.807) is 0 Å². The van der Waals surface area contributed by atoms with E-state index < -0.39 is 0 Å². The molecule has 0 saturated heterocycles. The Hall–Kier alpha value is -1.05. The minimum absolute atomic E-state index is 0.709. The third kappa shape index (κ3) is 1.42. The summed E-state index contributed by atoms with van der Waals surface area (Å²) in [7, 11) is 0. The summed E-state index contributed by atoms with van der Waals surface area (Å²) >= 11 is 0. The molecule has 0 atom stereocenters. The van der Waals surface area contributed by atoms with Gasteiger partial charge in [-0.15, -0.1) is 0 Å². The monoisotopic (exact) mass is 163 g/mol. The summed E-state index contributed by atoms with van der Waals surface area (Å²) in [5.74, 6) is 0.792. The Labute approximate surface area is 72.6 Å². The van der Waals surface area contributed by atoms with Gasteiger partial charge in [0.15, 0.2) is 5.90 Å². The molecule has 0 radical (unpaired) electrons. The second-order valence-corrected chi connectivity index (χ2v) is 3.17. The number of aliphatic imine (C=N–C) groups is 1. The van der Waals surface area contributed by atoms with Crippen molar-refractivity contribution in [2.45, 2.75) is 26.2 Å². The zero-order valence-electron chi connectivity index (χ0n) is 7.34. The maximum Gasteiger partial charge on any atom is 0.185 e. The molecule has 1 heterocycles. The Morgan fingerprint density at radius 3 is 3.08 bits per heavy atom. The van der Waals surface area contributed by atoms with Crippen molar-refractivity contribution in [3.63, 3.8) is 0 Å². The van der Waals surface area contributed by atoms with Crippen LogP contribution in [0.4, 0.5) is 0 Å². The molecule has 0 aromatic carbocycles. The highest BCUT2D eigenvalue weighted by Crippen LogP contribution is 2.22. The average molecular weight is 163 g/mol. The van der Waals surface area contributed by atoms with Crippen LogP contribution in [-0.4, -0.2) is 12.5 Å². The molecule has 0 aromatic rings. The largest absolute Gasteiger partial charge is 0.476 e. The van der Waals surface area contributed by atoms with Gasteiger partial charge in [-0.1, -0.05) is 12.2 Å². The van der Waals surface area contributed by atoms with Crippen LogP contribution in [0.2, 0.25) is 0 Å². The van der Waals surface area contributed by atoms with Crippen molar-refractivity contribution in [2.75, 3.05) is 6.61 Å². The molecule has 1 aliphatic heterocycles. The standard InChI is InChI=1S/C10H13NO/c1-8-11-10-6-4-2-3-5-9(10)7-12-8/h5-6H,2-4,7H2,1H3. The fourth-order valence-corrected chi connectivity index (χ4v) is 1.50. The van der Waals surface area contributed by atoms with E-state index in [1.807, 2.05) is 6.92 Å². The van der Waals surface area contributed by atoms with Crippen LogP contribution in [0.3, 0.4) is 0 Å². The molecular weight excluding hydrogens is 150 g/mol. The smallest absolute Gasteiger partial charge is 0.185 e. The van der Waals surface area contributed by atoms with E-state index in [0.29, 0.717) is 6.61 Å². The quantitative estimate of drug-likeness (QED) is 0.537. The molecule has 0 fully saturated rings. The van der Waals surface area contributed by atoms with E-state index in [4.69, 9.17) is 4.74 Å². The lowest BCUT2D eigenvalue weighted by atomic mass is 10.2. The van der Waals surface area contributed by atoms with Crippen molar-refractivity contribution in [2.24, 2.45) is 4.99 Å². The van der Waals surface area contributed by atoms with Gasteiger partial charge >= 0.3 is 0 Å². The van der Waals surface area contributed by atoms with Crippen LogP contribution in [0.25, 0.3) is 0 Å². The Balaban J connectivity index is 2.32. The number of fused-ring (bicyclic) bond motifs is 1. The second kappa shape index (κ2) is 3.13. The number of ether oxygens (including phenoxy) is 1. The van der Waals surface area contributed by atoms with Crippen molar-refractivity contribution in [3.8, 4) is 0 Å². The first-order valence-corrected chi connectivity index (χ1v) is 4.44. The Morgan fingerprint density at radius 2 is 2.17 bits per heavy atom. The van der Waals surface area contributed by atoms with Gasteiger partial charge in [0.2, 0.25) is 0 Å². The molecule has 0 unspecified atom stereocenters. The van der Waals surface area contributed by atoms with E-state index in [2.05, 4.69) is 17.1 Å². The number of nitrogens with zero attached hydrogens (tertiary/aromatic N) is 1. The van der Waals surface area contributed by atoms with E-state index in [9.17, 15) is 0 Å². The summed E-state index contributed by atoms with van der Waals surface area (Å²) in [5, 5.41) is 0. The molecule has 0 bridgehead atoms. The Bertz CT molecular complexity index is 274. The predicted molar refractivity (Wildman–Crippen MR) is 49.1 cm³/mol. The fourth-order valence-electron chi connectivity index (χ4n) is 1.50. The molecule has 0 aromatic heterocycles. The summed E-state index contributed by atoms with van der Waals surface area (Å²) < 4.78 is 5.34. The molecule has 2 aliphatic rings. The van der Waals surface area contributed by atoms with Crippen LogP contribution >= 0.6 is 0 Å². The summed E-state index contributed by atoms with van der Waals surface area (Å²) in [6.45, 7) is 2.61. The van der Waals surface area contributed by atoms with Crippen LogP contribution in [0.15, 0.2) is 28.4 Å². The normalized spacial score (nSPS) is 22.6. The molecule has 0 saturated carbocycles. The van der Waals surface area contributed by atoms with Crippen LogP contribution in [0.1, 0.15) is 26.2 Å². The second-order valence-electron chi connectivity index (χ2n) is 3.17. The van der Waals surface area contributed by atoms with Gasteiger partial charge in [-0.2, -0.15) is 0 Å². The SMILES string of the molecule is CC1=NC2=CCCCC=C2CO1. The summed E-state index contributed by atoms with van der Waals surface area (Å²) in [5.41, 5.74) is 2.40. The zero-order valence-corrected chi connectivity index (χ0v) is 7.34. The maximum atomic E-state index is 5.34. The number of hydrogen-bond acceptors (Lipinski definition) is 2. The third-order valence-corrected chi connectivity index (χ3v) is 2.18. The lowest BCUT2D eigenvalue weighted by Gasteiger charge is -2.15. The van der Waals surface area contributed by atoms with Gasteiger partial charge in [0.05, 0.1) is 5.70 Å². The number of allylic oxidation sites excluding steroid dienone is 2. The van der Waals surface area contributed by atoms with Crippen molar-refractivity contribution >= 4 is 5.90 Å². The van der Waals surface area contributed by atoms with Gasteiger partial charge in [0.25, 0.3) is 0 Å². The van der Waals surface area contributed by atoms with Gasteiger partial charge in [-0.05, 0) is 19.3 Å². The minimum atomic E-state index is 0.709. The van der Waals surface area contributed by atoms with Crippen molar-refractivity contribution in [1.82, 2.24) is 0 Å². The predicted octanol–water partition coefficient (Wildman–Crippen LogP) is 2.43. The minimum Gasteiger partial charge on any atom is -0.476 e. The number of rotatable bonds is 0. The van der Waals surface area contributed by atoms with E-state index in [1.165, 1.54) is 12.0 Å². The average Bonchev–Trinajstić information content (AvgIpc) is 2.28. The van der Waals surface area contributed by atoms with Crippen molar-refractivity contribution in [3.05, 3.63) is 23.4 Å². The van der Waals surface area contributed by atoms with Crippen molar-refractivity contribution in [1.29, 1.82) is 0 Å². The van der Waals surface area contributed by atoms with Crippen LogP contribution in [0.5, 0.6) is 0 Å². The Morgan fingerprint density at radius 1 is 1.33 bits per heavy atom. The van der Waals surface area contributed by atoms with Crippen LogP contribution < -0.4 is 0 Å². The first-order valence-electron chi connectivity index (χ1n) is 4.44. The maximum absolute atomic E-state index is 5.34. The summed E-state index contributed by atoms with van der Waals surface area (Å²) in [4.78, 5) is 4.35. The molecule has 2 nitrogen and oxygen atoms in total. The first-order chi connectivity index (χ1) is 5.86. The molecule has 1 aliphatic carbocycles. The van der Waals surface area contributed by atoms with Gasteiger partial charge < -0.3 is 4.74 Å². The van der Waals surface area contributed by atoms with Gasteiger partial charge in [-0.25, -0.2) is 4.99 Å². The first kappa shape index (κ1) is 7.59. The Kier molecular flexibility index (Phi) is 1.98. The number of hydrogen-bond donors (Lipinski definition) is 0. The highest BCUT2D eigenvalue weighted by molar-refractivity contribution is 5.76. The third-order valence-electron chi connectivity index (χ3n) is 2.18. The summed E-state index contributed by atoms with van der Waals surface area (Å²) in [6.07, 6.45) is 8.00. The van der Waals surface area contributed by atoms with Gasteiger partial charge in [-0.3, -0.25) is 0 Å². The molecule has 0 amide bonds.